The number of nitrogens with two attached hydrogens (primary N) is 1. The number of amidine groups is 1. The summed E-state index contributed by atoms with van der Waals surface area (Å²) in [6.07, 6.45) is 12.7. The molecule has 7 heteroatoms. The molecule has 0 saturated heterocycles. The van der Waals surface area contributed by atoms with Crippen LogP contribution in [0.1, 0.15) is 44.2 Å². The molecule has 6 nitrogen and oxygen atoms in total. The Morgan fingerprint density at radius 3 is 2.39 bits per heavy atom. The van der Waals surface area contributed by atoms with Crippen molar-refractivity contribution in [1.29, 1.82) is 0 Å². The van der Waals surface area contributed by atoms with Crippen molar-refractivity contribution in [2.24, 2.45) is 28.6 Å². The molecule has 0 atom stereocenters. The van der Waals surface area contributed by atoms with E-state index in [-0.39, 0.29) is 11.4 Å². The third-order valence-electron chi connectivity index (χ3n) is 5.52. The second kappa shape index (κ2) is 5.70. The van der Waals surface area contributed by atoms with E-state index in [1.807, 2.05) is 0 Å². The Morgan fingerprint density at radius 2 is 1.83 bits per heavy atom. The van der Waals surface area contributed by atoms with Crippen molar-refractivity contribution >= 4 is 23.2 Å². The zero-order valence-electron chi connectivity index (χ0n) is 13.0. The van der Waals surface area contributed by atoms with Crippen molar-refractivity contribution in [3.05, 3.63) is 24.3 Å². The molecule has 0 radical (unpaired) electrons. The highest BCUT2D eigenvalue weighted by molar-refractivity contribution is 7.80. The molecule has 5 rings (SSSR count). The van der Waals surface area contributed by atoms with E-state index in [1.165, 1.54) is 38.5 Å². The predicted molar refractivity (Wildman–Crippen MR) is 92.5 cm³/mol. The van der Waals surface area contributed by atoms with Crippen molar-refractivity contribution in [2.45, 2.75) is 44.1 Å². The third-order valence-corrected chi connectivity index (χ3v) is 5.71. The van der Waals surface area contributed by atoms with Gasteiger partial charge in [-0.25, -0.2) is 4.98 Å². The standard InChI is InChI=1S/C16H22N6S/c17-14(13-9-18-1-2-19-13)21-22-15(23)20-16-6-10-3-11(7-16)5-12(4-10)8-16/h1-2,9-12H,3-8H2,(H2,17,21)(H2,20,22,23). The largest absolute Gasteiger partial charge is 0.380 e. The lowest BCUT2D eigenvalue weighted by Crippen LogP contribution is -2.61. The minimum atomic E-state index is 0.176. The van der Waals surface area contributed by atoms with Gasteiger partial charge in [-0.1, -0.05) is 0 Å². The number of nitrogens with zero attached hydrogens (tertiary/aromatic N) is 3. The quantitative estimate of drug-likeness (QED) is 0.337. The second-order valence-electron chi connectivity index (χ2n) is 7.35. The van der Waals surface area contributed by atoms with Crippen LogP contribution in [0.4, 0.5) is 0 Å². The molecule has 4 aliphatic carbocycles. The normalized spacial score (nSPS) is 35.1. The first-order chi connectivity index (χ1) is 11.1. The summed E-state index contributed by atoms with van der Waals surface area (Å²) in [6, 6.07) is 0. The van der Waals surface area contributed by atoms with Crippen LogP contribution >= 0.6 is 12.2 Å². The number of hydrazone groups is 1. The van der Waals surface area contributed by atoms with Gasteiger partial charge in [0.1, 0.15) is 5.69 Å². The van der Waals surface area contributed by atoms with Crippen molar-refractivity contribution in [1.82, 2.24) is 20.7 Å². The Balaban J connectivity index is 1.39. The van der Waals surface area contributed by atoms with Crippen LogP contribution < -0.4 is 16.5 Å². The van der Waals surface area contributed by atoms with Crippen LogP contribution in [-0.2, 0) is 0 Å². The molecule has 0 spiro atoms. The van der Waals surface area contributed by atoms with Gasteiger partial charge in [-0.15, -0.1) is 0 Å². The fourth-order valence-electron chi connectivity index (χ4n) is 5.13. The first kappa shape index (κ1) is 14.8. The fourth-order valence-corrected chi connectivity index (χ4v) is 5.39. The highest BCUT2D eigenvalue weighted by Gasteiger charge is 2.51. The SMILES string of the molecule is N/C(=N\NC(=S)NC12CC3CC(CC(C3)C1)C2)c1cnccn1. The van der Waals surface area contributed by atoms with Gasteiger partial charge >= 0.3 is 0 Å². The van der Waals surface area contributed by atoms with Gasteiger partial charge in [0.15, 0.2) is 10.9 Å². The Kier molecular flexibility index (Phi) is 3.67. The molecule has 1 aromatic heterocycles. The molecule has 122 valence electrons. The van der Waals surface area contributed by atoms with Gasteiger partial charge in [0.25, 0.3) is 0 Å². The molecule has 4 saturated carbocycles. The van der Waals surface area contributed by atoms with Gasteiger partial charge in [0, 0.05) is 17.9 Å². The second-order valence-corrected chi connectivity index (χ2v) is 7.76. The molecule has 4 aliphatic rings. The molecule has 0 aliphatic heterocycles. The van der Waals surface area contributed by atoms with E-state index in [0.29, 0.717) is 10.8 Å². The topological polar surface area (TPSA) is 88.2 Å². The Labute approximate surface area is 141 Å². The molecule has 1 heterocycles. The van der Waals surface area contributed by atoms with E-state index in [2.05, 4.69) is 25.8 Å². The van der Waals surface area contributed by atoms with Crippen LogP contribution in [0.25, 0.3) is 0 Å². The average Bonchev–Trinajstić information content (AvgIpc) is 2.51. The lowest BCUT2D eigenvalue weighted by Gasteiger charge is -2.57. The highest BCUT2D eigenvalue weighted by atomic mass is 32.1. The maximum Gasteiger partial charge on any atom is 0.187 e. The average molecular weight is 330 g/mol. The Morgan fingerprint density at radius 1 is 1.17 bits per heavy atom. The van der Waals surface area contributed by atoms with Crippen LogP contribution in [0, 0.1) is 17.8 Å². The molecular weight excluding hydrogens is 308 g/mol. The highest BCUT2D eigenvalue weighted by Crippen LogP contribution is 2.55. The van der Waals surface area contributed by atoms with Gasteiger partial charge in [0.2, 0.25) is 0 Å². The number of rotatable bonds is 3. The van der Waals surface area contributed by atoms with E-state index < -0.39 is 0 Å². The number of nitrogens with one attached hydrogen (secondary N) is 2. The van der Waals surface area contributed by atoms with E-state index in [4.69, 9.17) is 18.0 Å². The first-order valence-corrected chi connectivity index (χ1v) is 8.70. The maximum absolute atomic E-state index is 5.90. The Bertz CT molecular complexity index is 593. The minimum absolute atomic E-state index is 0.176. The van der Waals surface area contributed by atoms with Crippen LogP contribution in [-0.4, -0.2) is 26.5 Å². The van der Waals surface area contributed by atoms with E-state index in [0.717, 1.165) is 17.8 Å². The molecule has 0 aromatic carbocycles. The summed E-state index contributed by atoms with van der Waals surface area (Å²) in [6.45, 7) is 0. The third kappa shape index (κ3) is 3.02. The summed E-state index contributed by atoms with van der Waals surface area (Å²) in [4.78, 5) is 8.10. The molecule has 4 N–H and O–H groups in total. The van der Waals surface area contributed by atoms with Gasteiger partial charge in [-0.3, -0.25) is 10.4 Å². The summed E-state index contributed by atoms with van der Waals surface area (Å²) in [5.74, 6) is 2.92. The summed E-state index contributed by atoms with van der Waals surface area (Å²) in [5, 5.41) is 8.24. The maximum atomic E-state index is 5.90. The van der Waals surface area contributed by atoms with Crippen LogP contribution in [0.3, 0.4) is 0 Å². The lowest BCUT2D eigenvalue weighted by molar-refractivity contribution is -0.0101. The van der Waals surface area contributed by atoms with Crippen LogP contribution in [0.5, 0.6) is 0 Å². The number of thiocarbonyl (C=S) groups is 1. The van der Waals surface area contributed by atoms with Gasteiger partial charge in [-0.05, 0) is 68.5 Å². The summed E-state index contributed by atoms with van der Waals surface area (Å²) >= 11 is 5.44. The van der Waals surface area contributed by atoms with E-state index in [9.17, 15) is 0 Å². The summed E-state index contributed by atoms with van der Waals surface area (Å²) in [7, 11) is 0. The van der Waals surface area contributed by atoms with Crippen LogP contribution in [0.15, 0.2) is 23.7 Å². The number of hydrogen-bond acceptors (Lipinski definition) is 4. The first-order valence-electron chi connectivity index (χ1n) is 8.30. The smallest absolute Gasteiger partial charge is 0.187 e. The Hall–Kier alpha value is -1.76. The molecular formula is C16H22N6S. The number of hydrogen-bond donors (Lipinski definition) is 3. The predicted octanol–water partition coefficient (Wildman–Crippen LogP) is 1.53. The zero-order valence-corrected chi connectivity index (χ0v) is 13.9. The van der Waals surface area contributed by atoms with Crippen LogP contribution in [0.2, 0.25) is 0 Å². The molecule has 4 bridgehead atoms. The molecule has 0 amide bonds. The lowest BCUT2D eigenvalue weighted by atomic mass is 9.53. The van der Waals surface area contributed by atoms with Gasteiger partial charge in [0.05, 0.1) is 6.20 Å². The van der Waals surface area contributed by atoms with Crippen molar-refractivity contribution in [2.75, 3.05) is 0 Å². The fraction of sp³-hybridized carbons (Fsp3) is 0.625. The van der Waals surface area contributed by atoms with Gasteiger partial charge in [-0.2, -0.15) is 5.10 Å². The minimum Gasteiger partial charge on any atom is -0.380 e. The van der Waals surface area contributed by atoms with Crippen molar-refractivity contribution in [3.63, 3.8) is 0 Å². The van der Waals surface area contributed by atoms with Gasteiger partial charge < -0.3 is 11.1 Å². The summed E-state index contributed by atoms with van der Waals surface area (Å²) < 4.78 is 0. The molecule has 4 fully saturated rings. The molecule has 23 heavy (non-hydrogen) atoms. The van der Waals surface area contributed by atoms with E-state index in [1.54, 1.807) is 18.6 Å². The monoisotopic (exact) mass is 330 g/mol. The summed E-state index contributed by atoms with van der Waals surface area (Å²) in [5.41, 5.74) is 9.49. The van der Waals surface area contributed by atoms with Crippen molar-refractivity contribution in [3.8, 4) is 0 Å². The van der Waals surface area contributed by atoms with E-state index >= 15 is 0 Å². The van der Waals surface area contributed by atoms with Crippen molar-refractivity contribution < 1.29 is 0 Å². The molecule has 1 aromatic rings. The number of aromatic nitrogens is 2. The molecule has 0 unspecified atom stereocenters. The zero-order chi connectivity index (χ0) is 15.9.